The van der Waals surface area contributed by atoms with Crippen LogP contribution in [0.5, 0.6) is 0 Å². The van der Waals surface area contributed by atoms with Gasteiger partial charge in [0.2, 0.25) is 0 Å². The molecule has 1 N–H and O–H groups in total. The zero-order chi connectivity index (χ0) is 17.6. The van der Waals surface area contributed by atoms with Crippen LogP contribution in [-0.2, 0) is 0 Å². The van der Waals surface area contributed by atoms with Crippen LogP contribution in [0, 0.1) is 10.1 Å². The van der Waals surface area contributed by atoms with Crippen LogP contribution in [0.3, 0.4) is 0 Å². The Kier molecular flexibility index (Phi) is 5.89. The first-order valence-electron chi connectivity index (χ1n) is 9.46. The lowest BCUT2D eigenvalue weighted by atomic mass is 9.88. The standard InChI is InChI=1S/C19H27N3O3/c23-20-19(15-11-13-18(14-12-15)22(24)25)21(16-7-3-1-4-8-16)17-9-5-2-6-10-17/h11-14,16-17,23H,1-10H2/b20-19+. The van der Waals surface area contributed by atoms with Gasteiger partial charge in [0.05, 0.1) is 4.92 Å². The second kappa shape index (κ2) is 8.32. The largest absolute Gasteiger partial charge is 0.409 e. The monoisotopic (exact) mass is 345 g/mol. The van der Waals surface area contributed by atoms with E-state index < -0.39 is 4.92 Å². The van der Waals surface area contributed by atoms with E-state index >= 15 is 0 Å². The van der Waals surface area contributed by atoms with Gasteiger partial charge in [-0.2, -0.15) is 0 Å². The maximum Gasteiger partial charge on any atom is 0.269 e. The lowest BCUT2D eigenvalue weighted by molar-refractivity contribution is -0.384. The second-order valence-corrected chi connectivity index (χ2v) is 7.22. The third-order valence-electron chi connectivity index (χ3n) is 5.61. The molecule has 0 radical (unpaired) electrons. The molecule has 6 heteroatoms. The summed E-state index contributed by atoms with van der Waals surface area (Å²) in [5.41, 5.74) is 0.812. The molecular formula is C19H27N3O3. The van der Waals surface area contributed by atoms with Gasteiger partial charge < -0.3 is 10.1 Å². The molecular weight excluding hydrogens is 318 g/mol. The molecule has 1 aromatic rings. The third-order valence-corrected chi connectivity index (χ3v) is 5.61. The van der Waals surface area contributed by atoms with E-state index in [4.69, 9.17) is 0 Å². The highest BCUT2D eigenvalue weighted by Crippen LogP contribution is 2.32. The summed E-state index contributed by atoms with van der Waals surface area (Å²) in [4.78, 5) is 12.8. The molecule has 0 aromatic heterocycles. The molecule has 6 nitrogen and oxygen atoms in total. The van der Waals surface area contributed by atoms with Gasteiger partial charge in [-0.15, -0.1) is 0 Å². The Morgan fingerprint density at radius 1 is 0.960 bits per heavy atom. The van der Waals surface area contributed by atoms with Crippen LogP contribution in [0.1, 0.15) is 69.8 Å². The Morgan fingerprint density at radius 2 is 1.44 bits per heavy atom. The molecule has 1 aromatic carbocycles. The van der Waals surface area contributed by atoms with Gasteiger partial charge in [-0.1, -0.05) is 43.7 Å². The molecule has 0 amide bonds. The van der Waals surface area contributed by atoms with E-state index in [-0.39, 0.29) is 5.69 Å². The van der Waals surface area contributed by atoms with Crippen molar-refractivity contribution in [3.63, 3.8) is 0 Å². The molecule has 2 saturated carbocycles. The Morgan fingerprint density at radius 3 is 1.84 bits per heavy atom. The molecule has 0 saturated heterocycles. The van der Waals surface area contributed by atoms with Crippen LogP contribution in [0.15, 0.2) is 29.4 Å². The van der Waals surface area contributed by atoms with Gasteiger partial charge in [-0.05, 0) is 37.8 Å². The lowest BCUT2D eigenvalue weighted by Gasteiger charge is -2.43. The van der Waals surface area contributed by atoms with Crippen molar-refractivity contribution in [2.45, 2.75) is 76.3 Å². The van der Waals surface area contributed by atoms with Crippen molar-refractivity contribution in [3.8, 4) is 0 Å². The van der Waals surface area contributed by atoms with Crippen molar-refractivity contribution in [2.24, 2.45) is 5.16 Å². The van der Waals surface area contributed by atoms with E-state index in [9.17, 15) is 15.3 Å². The molecule has 0 atom stereocenters. The van der Waals surface area contributed by atoms with E-state index in [1.807, 2.05) is 0 Å². The SMILES string of the molecule is O=[N+]([O-])c1ccc(/C(=N\O)N(C2CCCCC2)C2CCCCC2)cc1. The highest BCUT2D eigenvalue weighted by atomic mass is 16.6. The average molecular weight is 345 g/mol. The fourth-order valence-electron chi connectivity index (χ4n) is 4.35. The normalized spacial score (nSPS) is 20.4. The molecule has 2 aliphatic carbocycles. The van der Waals surface area contributed by atoms with Gasteiger partial charge >= 0.3 is 0 Å². The number of nitrogens with zero attached hydrogens (tertiary/aromatic N) is 3. The molecule has 0 aliphatic heterocycles. The Balaban J connectivity index is 1.89. The maximum absolute atomic E-state index is 10.9. The molecule has 2 aliphatic rings. The minimum Gasteiger partial charge on any atom is -0.409 e. The van der Waals surface area contributed by atoms with Gasteiger partial charge in [0, 0.05) is 29.8 Å². The van der Waals surface area contributed by atoms with Gasteiger partial charge in [-0.25, -0.2) is 0 Å². The van der Waals surface area contributed by atoms with Crippen molar-refractivity contribution in [1.29, 1.82) is 0 Å². The number of hydrogen-bond acceptors (Lipinski definition) is 4. The van der Waals surface area contributed by atoms with Crippen LogP contribution < -0.4 is 0 Å². The first-order valence-corrected chi connectivity index (χ1v) is 9.46. The minimum absolute atomic E-state index is 0.0583. The van der Waals surface area contributed by atoms with E-state index in [0.29, 0.717) is 17.9 Å². The van der Waals surface area contributed by atoms with Crippen LogP contribution in [-0.4, -0.2) is 32.9 Å². The fourth-order valence-corrected chi connectivity index (χ4v) is 4.35. The number of non-ortho nitro benzene ring substituents is 1. The first kappa shape index (κ1) is 17.7. The van der Waals surface area contributed by atoms with Crippen molar-refractivity contribution >= 4 is 11.5 Å². The van der Waals surface area contributed by atoms with Gasteiger partial charge in [0.25, 0.3) is 5.69 Å². The Hall–Kier alpha value is -2.11. The highest BCUT2D eigenvalue weighted by Gasteiger charge is 2.32. The number of amidine groups is 1. The molecule has 25 heavy (non-hydrogen) atoms. The molecule has 0 unspecified atom stereocenters. The zero-order valence-electron chi connectivity index (χ0n) is 14.6. The molecule has 0 bridgehead atoms. The molecule has 2 fully saturated rings. The molecule has 3 rings (SSSR count). The number of nitro benzene ring substituents is 1. The Labute approximate surface area is 148 Å². The summed E-state index contributed by atoms with van der Waals surface area (Å²) in [6.45, 7) is 0. The molecule has 0 spiro atoms. The highest BCUT2D eigenvalue weighted by molar-refractivity contribution is 5.99. The number of hydrogen-bond donors (Lipinski definition) is 1. The third kappa shape index (κ3) is 4.11. The summed E-state index contributed by atoms with van der Waals surface area (Å²) in [5.74, 6) is 0.577. The zero-order valence-corrected chi connectivity index (χ0v) is 14.6. The second-order valence-electron chi connectivity index (χ2n) is 7.22. The van der Waals surface area contributed by atoms with E-state index in [1.165, 1.54) is 50.7 Å². The summed E-state index contributed by atoms with van der Waals surface area (Å²) in [6, 6.07) is 7.18. The fraction of sp³-hybridized carbons (Fsp3) is 0.632. The predicted molar refractivity (Wildman–Crippen MR) is 97.0 cm³/mol. The van der Waals surface area contributed by atoms with Crippen molar-refractivity contribution < 1.29 is 10.1 Å². The summed E-state index contributed by atoms with van der Waals surface area (Å²) >= 11 is 0. The summed E-state index contributed by atoms with van der Waals surface area (Å²) in [7, 11) is 0. The predicted octanol–water partition coefficient (Wildman–Crippen LogP) is 4.70. The Bertz CT molecular complexity index is 585. The van der Waals surface area contributed by atoms with E-state index in [0.717, 1.165) is 31.2 Å². The summed E-state index contributed by atoms with van der Waals surface area (Å²) in [5, 5.41) is 24.4. The maximum atomic E-state index is 10.9. The van der Waals surface area contributed by atoms with Gasteiger partial charge in [0.15, 0.2) is 5.84 Å². The number of rotatable bonds is 4. The summed E-state index contributed by atoms with van der Waals surface area (Å²) < 4.78 is 0. The van der Waals surface area contributed by atoms with Crippen LogP contribution >= 0.6 is 0 Å². The summed E-state index contributed by atoms with van der Waals surface area (Å²) in [6.07, 6.45) is 11.9. The van der Waals surface area contributed by atoms with E-state index in [1.54, 1.807) is 12.1 Å². The quantitative estimate of drug-likeness (QED) is 0.282. The molecule has 136 valence electrons. The van der Waals surface area contributed by atoms with Crippen molar-refractivity contribution in [3.05, 3.63) is 39.9 Å². The topological polar surface area (TPSA) is 79.0 Å². The number of oxime groups is 1. The minimum atomic E-state index is -0.403. The van der Waals surface area contributed by atoms with Crippen LogP contribution in [0.2, 0.25) is 0 Å². The molecule has 0 heterocycles. The van der Waals surface area contributed by atoms with Crippen molar-refractivity contribution in [1.82, 2.24) is 4.90 Å². The van der Waals surface area contributed by atoms with Gasteiger partial charge in [-0.3, -0.25) is 10.1 Å². The number of benzene rings is 1. The van der Waals surface area contributed by atoms with Gasteiger partial charge in [0.1, 0.15) is 0 Å². The number of nitro groups is 1. The average Bonchev–Trinajstić information content (AvgIpc) is 2.67. The first-order chi connectivity index (χ1) is 12.2. The van der Waals surface area contributed by atoms with Crippen molar-refractivity contribution in [2.75, 3.05) is 0 Å². The lowest BCUT2D eigenvalue weighted by Crippen LogP contribution is -2.49. The smallest absolute Gasteiger partial charge is 0.269 e. The van der Waals surface area contributed by atoms with Crippen LogP contribution in [0.25, 0.3) is 0 Å². The van der Waals surface area contributed by atoms with E-state index in [2.05, 4.69) is 10.1 Å². The van der Waals surface area contributed by atoms with Crippen LogP contribution in [0.4, 0.5) is 5.69 Å².